The monoisotopic (exact) mass is 483 g/mol. The zero-order valence-corrected chi connectivity index (χ0v) is 18.9. The van der Waals surface area contributed by atoms with E-state index in [1.807, 2.05) is 0 Å². The number of aromatic nitrogens is 2. The van der Waals surface area contributed by atoms with Crippen molar-refractivity contribution in [1.29, 1.82) is 0 Å². The first-order valence-corrected chi connectivity index (χ1v) is 10.4. The number of nitrogens with one attached hydrogen (secondary N) is 1. The minimum absolute atomic E-state index is 0.247. The molecule has 0 aliphatic heterocycles. The van der Waals surface area contributed by atoms with Crippen molar-refractivity contribution in [3.63, 3.8) is 0 Å². The molecule has 0 fully saturated rings. The summed E-state index contributed by atoms with van der Waals surface area (Å²) in [4.78, 5) is 30.0. The molecule has 1 aromatic heterocycles. The fourth-order valence-corrected chi connectivity index (χ4v) is 3.46. The van der Waals surface area contributed by atoms with Gasteiger partial charge in [-0.05, 0) is 36.4 Å². The maximum Gasteiger partial charge on any atom is 0.261 e. The Kier molecular flexibility index (Phi) is 6.65. The number of benzene rings is 3. The molecule has 0 saturated carbocycles. The Labute approximate surface area is 198 Å². The molecule has 0 unspecified atom stereocenters. The molecule has 8 nitrogen and oxygen atoms in total. The summed E-state index contributed by atoms with van der Waals surface area (Å²) in [6.07, 6.45) is 1.28. The highest BCUT2D eigenvalue weighted by Gasteiger charge is 2.15. The lowest BCUT2D eigenvalue weighted by Crippen LogP contribution is -2.28. The Morgan fingerprint density at radius 1 is 1.06 bits per heavy atom. The molecule has 4 rings (SSSR count). The van der Waals surface area contributed by atoms with Crippen molar-refractivity contribution in [2.45, 2.75) is 6.54 Å². The molecule has 0 aliphatic carbocycles. The SMILES string of the molecule is COc1cc2ncn(CC(=O)Nc3cc(Cl)ccc3Oc3cccc(F)c3)c(=O)c2cc1OC. The summed E-state index contributed by atoms with van der Waals surface area (Å²) in [6.45, 7) is -0.317. The van der Waals surface area contributed by atoms with Crippen LogP contribution in [0.1, 0.15) is 0 Å². The standard InChI is InChI=1S/C24H19ClFN3O5/c1-32-21-10-17-18(11-22(21)33-2)27-13-29(24(17)31)12-23(30)28-19-8-14(25)6-7-20(19)34-16-5-3-4-15(26)9-16/h3-11,13H,12H2,1-2H3,(H,28,30). The van der Waals surface area contributed by atoms with Crippen LogP contribution in [0.25, 0.3) is 10.9 Å². The third kappa shape index (κ3) is 4.94. The van der Waals surface area contributed by atoms with Gasteiger partial charge in [-0.25, -0.2) is 9.37 Å². The van der Waals surface area contributed by atoms with Gasteiger partial charge in [-0.15, -0.1) is 0 Å². The zero-order valence-electron chi connectivity index (χ0n) is 18.2. The molecule has 0 saturated heterocycles. The van der Waals surface area contributed by atoms with Crippen molar-refractivity contribution in [2.75, 3.05) is 19.5 Å². The van der Waals surface area contributed by atoms with E-state index < -0.39 is 17.3 Å². The van der Waals surface area contributed by atoms with E-state index in [2.05, 4.69) is 10.3 Å². The molecule has 4 aromatic rings. The molecular formula is C24H19ClFN3O5. The summed E-state index contributed by atoms with van der Waals surface area (Å²) in [6, 6.07) is 13.3. The van der Waals surface area contributed by atoms with Crippen molar-refractivity contribution in [1.82, 2.24) is 9.55 Å². The first kappa shape index (κ1) is 23.1. The highest BCUT2D eigenvalue weighted by molar-refractivity contribution is 6.31. The zero-order chi connectivity index (χ0) is 24.2. The van der Waals surface area contributed by atoms with Gasteiger partial charge in [0.1, 0.15) is 18.1 Å². The number of halogens is 2. The largest absolute Gasteiger partial charge is 0.493 e. The van der Waals surface area contributed by atoms with Gasteiger partial charge in [0.05, 0.1) is 37.1 Å². The second-order valence-corrected chi connectivity index (χ2v) is 7.59. The lowest BCUT2D eigenvalue weighted by Gasteiger charge is -2.14. The van der Waals surface area contributed by atoms with Gasteiger partial charge in [0.2, 0.25) is 5.91 Å². The third-order valence-electron chi connectivity index (χ3n) is 4.88. The molecule has 0 radical (unpaired) electrons. The Hall–Kier alpha value is -4.11. The van der Waals surface area contributed by atoms with Gasteiger partial charge in [-0.3, -0.25) is 14.2 Å². The van der Waals surface area contributed by atoms with Crippen LogP contribution in [-0.2, 0) is 11.3 Å². The molecule has 0 aliphatic rings. The fourth-order valence-electron chi connectivity index (χ4n) is 3.29. The molecular weight excluding hydrogens is 465 g/mol. The van der Waals surface area contributed by atoms with Crippen LogP contribution in [0.2, 0.25) is 5.02 Å². The number of rotatable bonds is 7. The lowest BCUT2D eigenvalue weighted by molar-refractivity contribution is -0.116. The van der Waals surface area contributed by atoms with Gasteiger partial charge in [-0.1, -0.05) is 17.7 Å². The number of anilines is 1. The van der Waals surface area contributed by atoms with Crippen LogP contribution in [-0.4, -0.2) is 29.7 Å². The van der Waals surface area contributed by atoms with E-state index in [0.29, 0.717) is 22.0 Å². The van der Waals surface area contributed by atoms with E-state index in [1.165, 1.54) is 55.4 Å². The third-order valence-corrected chi connectivity index (χ3v) is 5.12. The predicted molar refractivity (Wildman–Crippen MR) is 126 cm³/mol. The summed E-state index contributed by atoms with van der Waals surface area (Å²) in [5, 5.41) is 3.30. The number of amides is 1. The number of hydrogen-bond donors (Lipinski definition) is 1. The van der Waals surface area contributed by atoms with Crippen LogP contribution in [0, 0.1) is 5.82 Å². The van der Waals surface area contributed by atoms with Gasteiger partial charge in [0.25, 0.3) is 5.56 Å². The average molecular weight is 484 g/mol. The van der Waals surface area contributed by atoms with Crippen LogP contribution in [0.15, 0.2) is 65.7 Å². The van der Waals surface area contributed by atoms with Crippen LogP contribution in [0.5, 0.6) is 23.0 Å². The lowest BCUT2D eigenvalue weighted by atomic mass is 10.2. The van der Waals surface area contributed by atoms with Gasteiger partial charge >= 0.3 is 0 Å². The average Bonchev–Trinajstić information content (AvgIpc) is 2.82. The molecule has 3 aromatic carbocycles. The summed E-state index contributed by atoms with van der Waals surface area (Å²) in [5.74, 6) is 0.323. The Bertz CT molecular complexity index is 1440. The van der Waals surface area contributed by atoms with E-state index in [1.54, 1.807) is 24.3 Å². The van der Waals surface area contributed by atoms with Crippen LogP contribution in [0.3, 0.4) is 0 Å². The quantitative estimate of drug-likeness (QED) is 0.412. The van der Waals surface area contributed by atoms with Crippen molar-refractivity contribution < 1.29 is 23.4 Å². The van der Waals surface area contributed by atoms with Crippen molar-refractivity contribution in [3.8, 4) is 23.0 Å². The summed E-state index contributed by atoms with van der Waals surface area (Å²) >= 11 is 6.08. The van der Waals surface area contributed by atoms with Gasteiger partial charge in [0.15, 0.2) is 17.2 Å². The van der Waals surface area contributed by atoms with Gasteiger partial charge in [0, 0.05) is 17.2 Å². The topological polar surface area (TPSA) is 91.7 Å². The number of carbonyl (C=O) groups is 1. The van der Waals surface area contributed by atoms with E-state index >= 15 is 0 Å². The molecule has 1 amide bonds. The molecule has 0 atom stereocenters. The van der Waals surface area contributed by atoms with E-state index in [4.69, 9.17) is 25.8 Å². The van der Waals surface area contributed by atoms with Crippen LogP contribution in [0.4, 0.5) is 10.1 Å². The second kappa shape index (κ2) is 9.80. The molecule has 1 N–H and O–H groups in total. The first-order valence-electron chi connectivity index (χ1n) is 10.0. The molecule has 34 heavy (non-hydrogen) atoms. The number of methoxy groups -OCH3 is 2. The van der Waals surface area contributed by atoms with Gasteiger partial charge in [-0.2, -0.15) is 0 Å². The van der Waals surface area contributed by atoms with Gasteiger partial charge < -0.3 is 19.5 Å². The maximum absolute atomic E-state index is 13.5. The number of carbonyl (C=O) groups excluding carboxylic acids is 1. The molecule has 10 heteroatoms. The molecule has 174 valence electrons. The number of hydrogen-bond acceptors (Lipinski definition) is 6. The molecule has 0 bridgehead atoms. The first-order chi connectivity index (χ1) is 16.4. The summed E-state index contributed by atoms with van der Waals surface area (Å²) < 4.78 is 30.9. The second-order valence-electron chi connectivity index (χ2n) is 7.15. The van der Waals surface area contributed by atoms with E-state index in [-0.39, 0.29) is 29.1 Å². The maximum atomic E-state index is 13.5. The highest BCUT2D eigenvalue weighted by Crippen LogP contribution is 2.32. The minimum Gasteiger partial charge on any atom is -0.493 e. The van der Waals surface area contributed by atoms with E-state index in [0.717, 1.165) is 0 Å². The smallest absolute Gasteiger partial charge is 0.261 e. The summed E-state index contributed by atoms with van der Waals surface area (Å²) in [5.41, 5.74) is 0.235. The van der Waals surface area contributed by atoms with Crippen molar-refractivity contribution in [3.05, 3.63) is 82.1 Å². The normalized spacial score (nSPS) is 10.7. The summed E-state index contributed by atoms with van der Waals surface area (Å²) in [7, 11) is 2.94. The molecule has 0 spiro atoms. The van der Waals surface area contributed by atoms with Crippen LogP contribution >= 0.6 is 11.6 Å². The minimum atomic E-state index is -0.518. The molecule has 1 heterocycles. The van der Waals surface area contributed by atoms with Crippen molar-refractivity contribution in [2.24, 2.45) is 0 Å². The Morgan fingerprint density at radius 3 is 2.56 bits per heavy atom. The Balaban J connectivity index is 1.59. The fraction of sp³-hybridized carbons (Fsp3) is 0.125. The number of fused-ring (bicyclic) bond motifs is 1. The van der Waals surface area contributed by atoms with Crippen molar-refractivity contribution >= 4 is 34.1 Å². The highest BCUT2D eigenvalue weighted by atomic mass is 35.5. The van der Waals surface area contributed by atoms with Crippen LogP contribution < -0.4 is 25.1 Å². The number of ether oxygens (including phenoxy) is 3. The Morgan fingerprint density at radius 2 is 1.82 bits per heavy atom. The van der Waals surface area contributed by atoms with E-state index in [9.17, 15) is 14.0 Å². The number of nitrogens with zero attached hydrogens (tertiary/aromatic N) is 2. The predicted octanol–water partition coefficient (Wildman–Crippen LogP) is 4.64.